The van der Waals surface area contributed by atoms with Crippen LogP contribution in [-0.4, -0.2) is 50.6 Å². The van der Waals surface area contributed by atoms with E-state index in [1.54, 1.807) is 6.20 Å². The van der Waals surface area contributed by atoms with Gasteiger partial charge in [0.05, 0.1) is 11.3 Å². The monoisotopic (exact) mass is 507 g/mol. The smallest absolute Gasteiger partial charge is 0.165 e. The van der Waals surface area contributed by atoms with Crippen molar-refractivity contribution in [2.75, 3.05) is 25.9 Å². The summed E-state index contributed by atoms with van der Waals surface area (Å²) in [7, 11) is 2.06. The van der Waals surface area contributed by atoms with Crippen molar-refractivity contribution in [1.29, 1.82) is 0 Å². The molecule has 0 radical (unpaired) electrons. The number of aromatic nitrogens is 4. The molecule has 5 rings (SSSR count). The number of imidazole rings is 1. The van der Waals surface area contributed by atoms with Gasteiger partial charge in [0.25, 0.3) is 0 Å². The van der Waals surface area contributed by atoms with Crippen LogP contribution in [0.5, 0.6) is 0 Å². The zero-order valence-electron chi connectivity index (χ0n) is 22.6. The molecule has 3 N–H and O–H groups in total. The molecule has 0 atom stereocenters. The van der Waals surface area contributed by atoms with Crippen LogP contribution in [0.1, 0.15) is 44.4 Å². The van der Waals surface area contributed by atoms with Gasteiger partial charge in [0.15, 0.2) is 11.5 Å². The maximum Gasteiger partial charge on any atom is 0.165 e. The van der Waals surface area contributed by atoms with Gasteiger partial charge in [-0.15, -0.1) is 0 Å². The van der Waals surface area contributed by atoms with E-state index in [0.29, 0.717) is 11.9 Å². The third-order valence-electron chi connectivity index (χ3n) is 7.25. The van der Waals surface area contributed by atoms with E-state index in [0.717, 1.165) is 65.6 Å². The number of likely N-dealkylation sites (tertiary alicyclic amines) is 1. The van der Waals surface area contributed by atoms with Crippen LogP contribution in [-0.2, 0) is 6.54 Å². The molecular formula is C31H37N7. The maximum atomic E-state index is 6.31. The highest BCUT2D eigenvalue weighted by Gasteiger charge is 2.20. The van der Waals surface area contributed by atoms with Crippen molar-refractivity contribution < 1.29 is 0 Å². The van der Waals surface area contributed by atoms with Crippen LogP contribution < -0.4 is 11.1 Å². The highest BCUT2D eigenvalue weighted by atomic mass is 15.1. The summed E-state index contributed by atoms with van der Waals surface area (Å²) < 4.78 is 2.10. The van der Waals surface area contributed by atoms with Crippen molar-refractivity contribution in [1.82, 2.24) is 29.7 Å². The molecule has 4 aromatic rings. The van der Waals surface area contributed by atoms with E-state index < -0.39 is 0 Å². The number of fused-ring (bicyclic) bond motifs is 1. The van der Waals surface area contributed by atoms with Crippen LogP contribution in [0, 0.1) is 0 Å². The molecule has 0 amide bonds. The van der Waals surface area contributed by atoms with Gasteiger partial charge in [0.1, 0.15) is 11.3 Å². The van der Waals surface area contributed by atoms with Crippen molar-refractivity contribution in [2.45, 2.75) is 45.7 Å². The Morgan fingerprint density at radius 3 is 2.55 bits per heavy atom. The zero-order valence-corrected chi connectivity index (χ0v) is 22.6. The number of piperidine rings is 1. The molecule has 4 heterocycles. The van der Waals surface area contributed by atoms with Crippen LogP contribution in [0.15, 0.2) is 73.0 Å². The van der Waals surface area contributed by atoms with Gasteiger partial charge in [-0.05, 0) is 93.9 Å². The maximum absolute atomic E-state index is 6.31. The number of hydrogen-bond donors (Lipinski definition) is 2. The molecule has 0 bridgehead atoms. The average molecular weight is 508 g/mol. The molecule has 7 nitrogen and oxygen atoms in total. The Bertz CT molecular complexity index is 1440. The van der Waals surface area contributed by atoms with E-state index in [-0.39, 0.29) is 0 Å². The third-order valence-corrected chi connectivity index (χ3v) is 7.25. The lowest BCUT2D eigenvalue weighted by Gasteiger charge is -2.31. The number of nitrogens with two attached hydrogens (primary N) is 1. The highest BCUT2D eigenvalue weighted by Crippen LogP contribution is 2.31. The number of nitrogens with one attached hydrogen (secondary N) is 1. The first-order valence-corrected chi connectivity index (χ1v) is 13.5. The topological polar surface area (TPSA) is 84.9 Å². The van der Waals surface area contributed by atoms with Gasteiger partial charge < -0.3 is 11.1 Å². The molecule has 0 spiro atoms. The minimum atomic E-state index is 0.450. The van der Waals surface area contributed by atoms with Gasteiger partial charge in [-0.3, -0.25) is 9.47 Å². The lowest BCUT2D eigenvalue weighted by molar-refractivity contribution is 0.194. The van der Waals surface area contributed by atoms with Crippen LogP contribution >= 0.6 is 0 Å². The molecule has 1 saturated heterocycles. The number of allylic oxidation sites excluding steroid dienone is 4. The third kappa shape index (κ3) is 5.39. The first kappa shape index (κ1) is 25.8. The molecule has 1 aliphatic rings. The van der Waals surface area contributed by atoms with Gasteiger partial charge >= 0.3 is 0 Å². The average Bonchev–Trinajstić information content (AvgIpc) is 3.32. The fourth-order valence-corrected chi connectivity index (χ4v) is 5.20. The number of nitrogen functional groups attached to an aromatic ring is 1. The Morgan fingerprint density at radius 2 is 1.87 bits per heavy atom. The van der Waals surface area contributed by atoms with Crippen LogP contribution in [0.25, 0.3) is 33.8 Å². The van der Waals surface area contributed by atoms with Crippen molar-refractivity contribution in [3.63, 3.8) is 0 Å². The van der Waals surface area contributed by atoms with Gasteiger partial charge in [0.2, 0.25) is 0 Å². The standard InChI is InChI=1S/C31H37N7/c1-4-7-23(8-5-2)27-14-15-28-31(35-27)38(30(36-28)26-9-6-18-34-29(26)32)25-12-10-22(11-13-25)21-37-19-16-24(33-3)17-20-37/h4,6-15,18,24,33H,5,16-17,19-21H2,1-3H3,(H2,32,34)/b7-4-,23-8+. The Labute approximate surface area is 225 Å². The number of anilines is 1. The number of rotatable bonds is 8. The second-order valence-electron chi connectivity index (χ2n) is 9.82. The van der Waals surface area contributed by atoms with Crippen LogP contribution in [0.4, 0.5) is 5.82 Å². The first-order valence-electron chi connectivity index (χ1n) is 13.5. The normalized spacial score (nSPS) is 15.6. The molecule has 1 aromatic carbocycles. The van der Waals surface area contributed by atoms with E-state index in [2.05, 4.69) is 70.2 Å². The molecule has 0 unspecified atom stereocenters. The van der Waals surface area contributed by atoms with Crippen molar-refractivity contribution in [3.05, 3.63) is 84.2 Å². The molecule has 1 fully saturated rings. The number of pyridine rings is 2. The second kappa shape index (κ2) is 11.7. The van der Waals surface area contributed by atoms with Gasteiger partial charge in [-0.25, -0.2) is 15.0 Å². The largest absolute Gasteiger partial charge is 0.383 e. The predicted octanol–water partition coefficient (Wildman–Crippen LogP) is 5.62. The molecule has 1 aliphatic heterocycles. The Hall–Kier alpha value is -3.81. The Morgan fingerprint density at radius 1 is 1.08 bits per heavy atom. The Kier molecular flexibility index (Phi) is 7.96. The quantitative estimate of drug-likeness (QED) is 0.301. The predicted molar refractivity (Wildman–Crippen MR) is 157 cm³/mol. The van der Waals surface area contributed by atoms with Crippen molar-refractivity contribution in [2.24, 2.45) is 0 Å². The van der Waals surface area contributed by atoms with E-state index >= 15 is 0 Å². The fourth-order valence-electron chi connectivity index (χ4n) is 5.20. The molecule has 38 heavy (non-hydrogen) atoms. The molecule has 0 saturated carbocycles. The molecule has 0 aliphatic carbocycles. The highest BCUT2D eigenvalue weighted by molar-refractivity contribution is 5.85. The van der Waals surface area contributed by atoms with Crippen molar-refractivity contribution in [3.8, 4) is 17.1 Å². The van der Waals surface area contributed by atoms with E-state index in [9.17, 15) is 0 Å². The summed E-state index contributed by atoms with van der Waals surface area (Å²) in [4.78, 5) is 16.9. The molecule has 7 heteroatoms. The number of nitrogens with zero attached hydrogens (tertiary/aromatic N) is 5. The van der Waals surface area contributed by atoms with Crippen molar-refractivity contribution >= 4 is 22.6 Å². The minimum Gasteiger partial charge on any atom is -0.383 e. The lowest BCUT2D eigenvalue weighted by Crippen LogP contribution is -2.40. The molecule has 196 valence electrons. The summed E-state index contributed by atoms with van der Waals surface area (Å²) in [6.45, 7) is 7.37. The zero-order chi connectivity index (χ0) is 26.5. The summed E-state index contributed by atoms with van der Waals surface area (Å²) in [6, 6.07) is 17.3. The van der Waals surface area contributed by atoms with Gasteiger partial charge in [-0.2, -0.15) is 0 Å². The van der Waals surface area contributed by atoms with E-state index in [1.165, 1.54) is 18.4 Å². The summed E-state index contributed by atoms with van der Waals surface area (Å²) >= 11 is 0. The summed E-state index contributed by atoms with van der Waals surface area (Å²) in [5.41, 5.74) is 13.1. The summed E-state index contributed by atoms with van der Waals surface area (Å²) in [5, 5.41) is 3.41. The van der Waals surface area contributed by atoms with Gasteiger partial charge in [0, 0.05) is 24.5 Å². The second-order valence-corrected chi connectivity index (χ2v) is 9.82. The van der Waals surface area contributed by atoms with Crippen LogP contribution in [0.2, 0.25) is 0 Å². The van der Waals surface area contributed by atoms with Gasteiger partial charge in [-0.1, -0.05) is 37.3 Å². The van der Waals surface area contributed by atoms with Crippen LogP contribution in [0.3, 0.4) is 0 Å². The first-order chi connectivity index (χ1) is 18.6. The van der Waals surface area contributed by atoms with E-state index in [1.807, 2.05) is 37.3 Å². The van der Waals surface area contributed by atoms with E-state index in [4.69, 9.17) is 15.7 Å². The SMILES string of the molecule is C/C=C\C(=C/CC)c1ccc2nc(-c3cccnc3N)n(-c3ccc(CN4CCC(NC)CC4)cc3)c2n1. The molecule has 3 aromatic heterocycles. The summed E-state index contributed by atoms with van der Waals surface area (Å²) in [6.07, 6.45) is 11.4. The lowest BCUT2D eigenvalue weighted by atomic mass is 10.0. The minimum absolute atomic E-state index is 0.450. The molecular weight excluding hydrogens is 470 g/mol. The summed E-state index contributed by atoms with van der Waals surface area (Å²) in [5.74, 6) is 1.19. The Balaban J connectivity index is 1.56. The number of benzene rings is 1. The fraction of sp³-hybridized carbons (Fsp3) is 0.323. The number of hydrogen-bond acceptors (Lipinski definition) is 6.